The normalized spacial score (nSPS) is 12.5. The van der Waals surface area contributed by atoms with Gasteiger partial charge in [-0.3, -0.25) is 9.59 Å². The molecular weight excluding hydrogens is 354 g/mol. The molecule has 0 aliphatic heterocycles. The van der Waals surface area contributed by atoms with Gasteiger partial charge in [0.2, 0.25) is 0 Å². The van der Waals surface area contributed by atoms with Crippen LogP contribution in [0, 0.1) is 0 Å². The summed E-state index contributed by atoms with van der Waals surface area (Å²) >= 11 is 1.78. The molecule has 22 heavy (non-hydrogen) atoms. The number of ketones is 2. The van der Waals surface area contributed by atoms with Crippen molar-refractivity contribution in [2.24, 2.45) is 0 Å². The Balaban J connectivity index is 5.81. The van der Waals surface area contributed by atoms with E-state index in [2.05, 4.69) is 0 Å². The number of alkyl halides is 6. The van der Waals surface area contributed by atoms with E-state index in [0.29, 0.717) is 11.5 Å². The van der Waals surface area contributed by atoms with Gasteiger partial charge in [-0.15, -0.1) is 23.5 Å². The molecule has 0 atom stereocenters. The SMILES string of the molecule is CCSC(SCC)=C(/C=C/C(=O)C(F)(F)F)C(=O)C(F)(F)F. The first-order valence-electron chi connectivity index (χ1n) is 5.85. The Morgan fingerprint density at radius 3 is 1.64 bits per heavy atom. The van der Waals surface area contributed by atoms with E-state index in [1.54, 1.807) is 13.8 Å². The molecule has 0 amide bonds. The molecule has 126 valence electrons. The standard InChI is InChI=1S/C12H12F6O2S2/c1-3-21-10(22-4-2)7(9(20)12(16,17)18)5-6-8(19)11(13,14)15/h5-6H,3-4H2,1-2H3/b6-5+. The largest absolute Gasteiger partial charge is 0.454 e. The second-order valence-corrected chi connectivity index (χ2v) is 6.40. The first-order valence-corrected chi connectivity index (χ1v) is 7.82. The van der Waals surface area contributed by atoms with Gasteiger partial charge in [0.1, 0.15) is 0 Å². The zero-order valence-corrected chi connectivity index (χ0v) is 13.1. The molecule has 0 saturated heterocycles. The highest BCUT2D eigenvalue weighted by molar-refractivity contribution is 8.22. The number of hydrogen-bond acceptors (Lipinski definition) is 4. The summed E-state index contributed by atoms with van der Waals surface area (Å²) in [5.41, 5.74) is -0.955. The summed E-state index contributed by atoms with van der Waals surface area (Å²) in [6, 6.07) is 0. The predicted molar refractivity (Wildman–Crippen MR) is 74.6 cm³/mol. The minimum atomic E-state index is -5.24. The number of halogens is 6. The van der Waals surface area contributed by atoms with Crippen LogP contribution in [0.1, 0.15) is 13.8 Å². The molecule has 0 radical (unpaired) electrons. The van der Waals surface area contributed by atoms with Crippen molar-refractivity contribution >= 4 is 35.1 Å². The quantitative estimate of drug-likeness (QED) is 0.377. The molecule has 0 fully saturated rings. The first-order chi connectivity index (χ1) is 9.95. The molecule has 0 aromatic carbocycles. The number of allylic oxidation sites excluding steroid dienone is 3. The van der Waals surface area contributed by atoms with Crippen LogP contribution < -0.4 is 0 Å². The van der Waals surface area contributed by atoms with E-state index < -0.39 is 29.5 Å². The molecular formula is C12H12F6O2S2. The summed E-state index contributed by atoms with van der Waals surface area (Å²) < 4.78 is 73.9. The summed E-state index contributed by atoms with van der Waals surface area (Å²) in [4.78, 5) is 22.1. The smallest absolute Gasteiger partial charge is 0.285 e. The minimum absolute atomic E-state index is 0.0641. The summed E-state index contributed by atoms with van der Waals surface area (Å²) in [6.45, 7) is 3.22. The lowest BCUT2D eigenvalue weighted by Gasteiger charge is -2.12. The Morgan fingerprint density at radius 2 is 1.32 bits per heavy atom. The van der Waals surface area contributed by atoms with Crippen molar-refractivity contribution in [1.82, 2.24) is 0 Å². The van der Waals surface area contributed by atoms with Crippen molar-refractivity contribution in [3.63, 3.8) is 0 Å². The molecule has 0 heterocycles. The molecule has 0 aliphatic carbocycles. The molecule has 0 saturated carbocycles. The maximum Gasteiger partial charge on any atom is 0.454 e. The summed E-state index contributed by atoms with van der Waals surface area (Å²) in [5, 5.41) is 0. The molecule has 0 aliphatic rings. The fourth-order valence-electron chi connectivity index (χ4n) is 1.10. The topological polar surface area (TPSA) is 34.1 Å². The fourth-order valence-corrected chi connectivity index (χ4v) is 3.30. The number of thioether (sulfide) groups is 2. The Bertz CT molecular complexity index is 469. The van der Waals surface area contributed by atoms with Crippen LogP contribution >= 0.6 is 23.5 Å². The van der Waals surface area contributed by atoms with Crippen LogP contribution in [0.5, 0.6) is 0 Å². The number of hydrogen-bond donors (Lipinski definition) is 0. The van der Waals surface area contributed by atoms with Crippen molar-refractivity contribution in [3.05, 3.63) is 22.0 Å². The van der Waals surface area contributed by atoms with Crippen LogP contribution in [0.4, 0.5) is 26.3 Å². The van der Waals surface area contributed by atoms with Crippen molar-refractivity contribution in [2.75, 3.05) is 11.5 Å². The third kappa shape index (κ3) is 6.91. The van der Waals surface area contributed by atoms with Gasteiger partial charge in [0.25, 0.3) is 11.6 Å². The summed E-state index contributed by atoms with van der Waals surface area (Å²) in [7, 11) is 0. The highest BCUT2D eigenvalue weighted by Crippen LogP contribution is 2.35. The number of carbonyl (C=O) groups excluding carboxylic acids is 2. The molecule has 0 N–H and O–H groups in total. The molecule has 0 spiro atoms. The number of Topliss-reactive ketones (excluding diaryl/α,β-unsaturated/α-hetero) is 1. The van der Waals surface area contributed by atoms with Gasteiger partial charge in [0.15, 0.2) is 0 Å². The van der Waals surface area contributed by atoms with Gasteiger partial charge in [-0.25, -0.2) is 0 Å². The summed E-state index contributed by atoms with van der Waals surface area (Å²) in [6.07, 6.45) is -10.2. The second kappa shape index (κ2) is 8.66. The lowest BCUT2D eigenvalue weighted by Crippen LogP contribution is -2.25. The lowest BCUT2D eigenvalue weighted by atomic mass is 10.1. The monoisotopic (exact) mass is 366 g/mol. The van der Waals surface area contributed by atoms with Crippen LogP contribution in [0.25, 0.3) is 0 Å². The molecule has 0 aromatic rings. The molecule has 2 nitrogen and oxygen atoms in total. The maximum absolute atomic E-state index is 12.6. The van der Waals surface area contributed by atoms with Crippen molar-refractivity contribution < 1.29 is 35.9 Å². The number of rotatable bonds is 7. The highest BCUT2D eigenvalue weighted by Gasteiger charge is 2.42. The van der Waals surface area contributed by atoms with E-state index in [9.17, 15) is 35.9 Å². The Hall–Kier alpha value is -0.900. The van der Waals surface area contributed by atoms with Gasteiger partial charge in [-0.2, -0.15) is 26.3 Å². The third-order valence-electron chi connectivity index (χ3n) is 1.95. The van der Waals surface area contributed by atoms with E-state index in [1.807, 2.05) is 0 Å². The minimum Gasteiger partial charge on any atom is -0.285 e. The highest BCUT2D eigenvalue weighted by atomic mass is 32.2. The zero-order chi connectivity index (χ0) is 17.6. The van der Waals surface area contributed by atoms with Crippen LogP contribution in [-0.2, 0) is 9.59 Å². The van der Waals surface area contributed by atoms with Crippen LogP contribution in [0.2, 0.25) is 0 Å². The first kappa shape index (κ1) is 21.1. The lowest BCUT2D eigenvalue weighted by molar-refractivity contribution is -0.166. The van der Waals surface area contributed by atoms with E-state index >= 15 is 0 Å². The summed E-state index contributed by atoms with van der Waals surface area (Å²) in [5.74, 6) is -3.98. The van der Waals surface area contributed by atoms with E-state index in [1.165, 1.54) is 0 Å². The van der Waals surface area contributed by atoms with Crippen LogP contribution in [0.15, 0.2) is 22.0 Å². The van der Waals surface area contributed by atoms with Gasteiger partial charge in [-0.1, -0.05) is 13.8 Å². The molecule has 0 bridgehead atoms. The van der Waals surface area contributed by atoms with Gasteiger partial charge in [0, 0.05) is 5.57 Å². The van der Waals surface area contributed by atoms with Gasteiger partial charge in [0.05, 0.1) is 4.24 Å². The van der Waals surface area contributed by atoms with E-state index in [-0.39, 0.29) is 16.4 Å². The average molecular weight is 366 g/mol. The molecule has 0 aromatic heterocycles. The Morgan fingerprint density at radius 1 is 0.864 bits per heavy atom. The Kier molecular flexibility index (Phi) is 8.30. The van der Waals surface area contributed by atoms with E-state index in [4.69, 9.17) is 0 Å². The second-order valence-electron chi connectivity index (χ2n) is 3.59. The van der Waals surface area contributed by atoms with Crippen molar-refractivity contribution in [3.8, 4) is 0 Å². The van der Waals surface area contributed by atoms with Gasteiger partial charge >= 0.3 is 12.4 Å². The average Bonchev–Trinajstić information content (AvgIpc) is 2.36. The van der Waals surface area contributed by atoms with Crippen LogP contribution in [0.3, 0.4) is 0 Å². The molecule has 0 unspecified atom stereocenters. The van der Waals surface area contributed by atoms with Crippen molar-refractivity contribution in [1.29, 1.82) is 0 Å². The molecule has 0 rings (SSSR count). The number of carbonyl (C=O) groups is 2. The Labute approximate surface area is 131 Å². The third-order valence-corrected chi connectivity index (χ3v) is 4.20. The predicted octanol–water partition coefficient (Wildman–Crippen LogP) is 4.52. The van der Waals surface area contributed by atoms with Crippen molar-refractivity contribution in [2.45, 2.75) is 26.2 Å². The van der Waals surface area contributed by atoms with Crippen LogP contribution in [-0.4, -0.2) is 35.4 Å². The maximum atomic E-state index is 12.6. The molecule has 10 heteroatoms. The zero-order valence-electron chi connectivity index (χ0n) is 11.5. The van der Waals surface area contributed by atoms with Gasteiger partial charge < -0.3 is 0 Å². The fraction of sp³-hybridized carbons (Fsp3) is 0.500. The van der Waals surface area contributed by atoms with E-state index in [0.717, 1.165) is 23.5 Å². The van der Waals surface area contributed by atoms with Gasteiger partial charge in [-0.05, 0) is 23.7 Å².